The van der Waals surface area contributed by atoms with Crippen molar-refractivity contribution in [3.63, 3.8) is 0 Å². The molecule has 0 spiro atoms. The number of nitrogens with one attached hydrogen (secondary N) is 1. The van der Waals surface area contributed by atoms with E-state index in [1.54, 1.807) is 24.1 Å². The Hall–Kier alpha value is -1.60. The lowest BCUT2D eigenvalue weighted by molar-refractivity contribution is -0.140. The summed E-state index contributed by atoms with van der Waals surface area (Å²) < 4.78 is 18.5. The Morgan fingerprint density at radius 1 is 1.46 bits per heavy atom. The van der Waals surface area contributed by atoms with Crippen LogP contribution in [0.2, 0.25) is 0 Å². The number of hydrogen-bond acceptors (Lipinski definition) is 4. The van der Waals surface area contributed by atoms with E-state index in [1.807, 2.05) is 6.92 Å². The fourth-order valence-corrected chi connectivity index (χ4v) is 4.11. The van der Waals surface area contributed by atoms with Gasteiger partial charge in [-0.1, -0.05) is 19.1 Å². The van der Waals surface area contributed by atoms with E-state index in [9.17, 15) is 14.0 Å². The van der Waals surface area contributed by atoms with E-state index in [0.29, 0.717) is 37.3 Å². The summed E-state index contributed by atoms with van der Waals surface area (Å²) in [6, 6.07) is 5.67. The van der Waals surface area contributed by atoms with Crippen molar-refractivity contribution in [1.82, 2.24) is 10.2 Å². The summed E-state index contributed by atoms with van der Waals surface area (Å²) in [7, 11) is 1.56. The Balaban J connectivity index is 2.19. The average molecular weight is 354 g/mol. The van der Waals surface area contributed by atoms with Gasteiger partial charge < -0.3 is 15.0 Å². The molecule has 2 atom stereocenters. The maximum absolute atomic E-state index is 13.6. The van der Waals surface area contributed by atoms with Gasteiger partial charge >= 0.3 is 0 Å². The maximum Gasteiger partial charge on any atom is 0.243 e. The number of halogens is 1. The Kier molecular flexibility index (Phi) is 7.05. The van der Waals surface area contributed by atoms with E-state index in [-0.39, 0.29) is 23.0 Å². The highest BCUT2D eigenvalue weighted by Crippen LogP contribution is 2.42. The summed E-state index contributed by atoms with van der Waals surface area (Å²) in [4.78, 5) is 26.6. The Morgan fingerprint density at radius 2 is 2.25 bits per heavy atom. The molecule has 5 nitrogen and oxygen atoms in total. The highest BCUT2D eigenvalue weighted by Gasteiger charge is 2.41. The lowest BCUT2D eigenvalue weighted by Gasteiger charge is -2.29. The minimum Gasteiger partial charge on any atom is -0.383 e. The fraction of sp³-hybridized carbons (Fsp3) is 0.529. The zero-order chi connectivity index (χ0) is 17.5. The number of amides is 2. The number of carbonyl (C=O) groups excluding carboxylic acids is 2. The quantitative estimate of drug-likeness (QED) is 0.764. The summed E-state index contributed by atoms with van der Waals surface area (Å²) in [6.45, 7) is 2.74. The van der Waals surface area contributed by atoms with Gasteiger partial charge in [0.05, 0.1) is 6.61 Å². The normalized spacial score (nSPS) is 20.2. The number of methoxy groups -OCH3 is 1. The summed E-state index contributed by atoms with van der Waals surface area (Å²) in [5, 5.41) is 2.46. The molecule has 132 valence electrons. The van der Waals surface area contributed by atoms with Crippen molar-refractivity contribution in [3.05, 3.63) is 35.6 Å². The molecule has 1 aromatic rings. The van der Waals surface area contributed by atoms with Crippen LogP contribution >= 0.6 is 11.8 Å². The number of carbonyl (C=O) groups is 2. The number of hydrogen-bond donors (Lipinski definition) is 1. The van der Waals surface area contributed by atoms with E-state index in [0.717, 1.165) is 0 Å². The highest BCUT2D eigenvalue weighted by molar-refractivity contribution is 7.99. The predicted molar refractivity (Wildman–Crippen MR) is 92.0 cm³/mol. The third kappa shape index (κ3) is 4.48. The maximum atomic E-state index is 13.6. The lowest BCUT2D eigenvalue weighted by atomic mass is 10.1. The molecule has 0 aliphatic carbocycles. The first-order chi connectivity index (χ1) is 11.6. The molecule has 0 radical (unpaired) electrons. The first-order valence-electron chi connectivity index (χ1n) is 8.03. The van der Waals surface area contributed by atoms with Crippen LogP contribution in [-0.4, -0.2) is 48.8 Å². The Labute approximate surface area is 145 Å². The molecule has 7 heteroatoms. The zero-order valence-electron chi connectivity index (χ0n) is 14.0. The topological polar surface area (TPSA) is 58.6 Å². The molecular formula is C17H23FN2O3S. The second-order valence-corrected chi connectivity index (χ2v) is 6.70. The minimum atomic E-state index is -0.542. The molecule has 0 aromatic heterocycles. The number of thioether (sulfide) groups is 1. The van der Waals surface area contributed by atoms with Gasteiger partial charge in [-0.3, -0.25) is 9.59 Å². The molecule has 1 aromatic carbocycles. The van der Waals surface area contributed by atoms with Crippen molar-refractivity contribution in [2.24, 2.45) is 0 Å². The molecule has 1 heterocycles. The van der Waals surface area contributed by atoms with Crippen LogP contribution in [0, 0.1) is 5.82 Å². The Bertz CT molecular complexity index is 585. The van der Waals surface area contributed by atoms with Crippen molar-refractivity contribution in [3.8, 4) is 0 Å². The van der Waals surface area contributed by atoms with Crippen LogP contribution in [0.1, 0.15) is 30.7 Å². The standard InChI is InChI=1S/C17H23FN2O3S/c1-3-5-15(21)20-14(16(22)19-8-9-23-2)11-24-17(20)12-6-4-7-13(18)10-12/h4,6-7,10,14,17H,3,5,8-9,11H2,1-2H3,(H,19,22). The van der Waals surface area contributed by atoms with Gasteiger partial charge in [-0.05, 0) is 24.1 Å². The van der Waals surface area contributed by atoms with E-state index in [4.69, 9.17) is 4.74 Å². The monoisotopic (exact) mass is 354 g/mol. The van der Waals surface area contributed by atoms with E-state index >= 15 is 0 Å². The molecular weight excluding hydrogens is 331 g/mol. The fourth-order valence-electron chi connectivity index (χ4n) is 2.67. The summed E-state index contributed by atoms with van der Waals surface area (Å²) >= 11 is 1.49. The van der Waals surface area contributed by atoms with Crippen LogP contribution in [0.25, 0.3) is 0 Å². The lowest BCUT2D eigenvalue weighted by Crippen LogP contribution is -2.48. The van der Waals surface area contributed by atoms with Gasteiger partial charge in [0.2, 0.25) is 11.8 Å². The molecule has 0 bridgehead atoms. The third-order valence-corrected chi connectivity index (χ3v) is 5.12. The molecule has 2 amide bonds. The van der Waals surface area contributed by atoms with Crippen molar-refractivity contribution < 1.29 is 18.7 Å². The van der Waals surface area contributed by atoms with Crippen LogP contribution in [0.4, 0.5) is 4.39 Å². The molecule has 1 aliphatic rings. The Morgan fingerprint density at radius 3 is 2.92 bits per heavy atom. The molecule has 1 saturated heterocycles. The number of ether oxygens (including phenoxy) is 1. The first-order valence-corrected chi connectivity index (χ1v) is 9.08. The van der Waals surface area contributed by atoms with Crippen LogP contribution in [0.3, 0.4) is 0 Å². The van der Waals surface area contributed by atoms with Crippen molar-refractivity contribution >= 4 is 23.6 Å². The van der Waals surface area contributed by atoms with Crippen LogP contribution in [0.5, 0.6) is 0 Å². The average Bonchev–Trinajstić information content (AvgIpc) is 3.00. The van der Waals surface area contributed by atoms with Gasteiger partial charge in [0.25, 0.3) is 0 Å². The second-order valence-electron chi connectivity index (χ2n) is 5.59. The minimum absolute atomic E-state index is 0.0800. The second kappa shape index (κ2) is 9.03. The van der Waals surface area contributed by atoms with Gasteiger partial charge in [-0.2, -0.15) is 0 Å². The molecule has 0 saturated carbocycles. The molecule has 2 unspecified atom stereocenters. The van der Waals surface area contributed by atoms with Crippen molar-refractivity contribution in [2.45, 2.75) is 31.2 Å². The van der Waals surface area contributed by atoms with Crippen LogP contribution in [0.15, 0.2) is 24.3 Å². The summed E-state index contributed by atoms with van der Waals surface area (Å²) in [5.41, 5.74) is 0.705. The van der Waals surface area contributed by atoms with Gasteiger partial charge in [0.15, 0.2) is 0 Å². The molecule has 1 N–H and O–H groups in total. The summed E-state index contributed by atoms with van der Waals surface area (Å²) in [5.74, 6) is -0.120. The van der Waals surface area contributed by atoms with Gasteiger partial charge in [0.1, 0.15) is 17.2 Å². The van der Waals surface area contributed by atoms with Crippen molar-refractivity contribution in [1.29, 1.82) is 0 Å². The number of rotatable bonds is 7. The molecule has 1 aliphatic heterocycles. The zero-order valence-corrected chi connectivity index (χ0v) is 14.8. The predicted octanol–water partition coefficient (Wildman–Crippen LogP) is 2.33. The van der Waals surface area contributed by atoms with Crippen LogP contribution in [-0.2, 0) is 14.3 Å². The third-order valence-electron chi connectivity index (χ3n) is 3.79. The van der Waals surface area contributed by atoms with Gasteiger partial charge in [-0.25, -0.2) is 4.39 Å². The number of nitrogens with zero attached hydrogens (tertiary/aromatic N) is 1. The van der Waals surface area contributed by atoms with E-state index < -0.39 is 6.04 Å². The molecule has 2 rings (SSSR count). The molecule has 24 heavy (non-hydrogen) atoms. The van der Waals surface area contributed by atoms with Gasteiger partial charge in [-0.15, -0.1) is 11.8 Å². The SMILES string of the molecule is CCCC(=O)N1C(C(=O)NCCOC)CSC1c1cccc(F)c1. The van der Waals surface area contributed by atoms with E-state index in [1.165, 1.54) is 23.9 Å². The van der Waals surface area contributed by atoms with Crippen LogP contribution < -0.4 is 5.32 Å². The van der Waals surface area contributed by atoms with E-state index in [2.05, 4.69) is 5.32 Å². The number of benzene rings is 1. The molecule has 1 fully saturated rings. The van der Waals surface area contributed by atoms with Crippen molar-refractivity contribution in [2.75, 3.05) is 26.0 Å². The largest absolute Gasteiger partial charge is 0.383 e. The first kappa shape index (κ1) is 18.7. The smallest absolute Gasteiger partial charge is 0.243 e. The highest BCUT2D eigenvalue weighted by atomic mass is 32.2. The summed E-state index contributed by atoms with van der Waals surface area (Å²) in [6.07, 6.45) is 1.07. The van der Waals surface area contributed by atoms with Gasteiger partial charge in [0, 0.05) is 25.8 Å².